The molecule has 0 bridgehead atoms. The second kappa shape index (κ2) is 18.0. The molecule has 0 aliphatic rings. The molecule has 0 aromatic heterocycles. The molecule has 2 aromatic rings. The van der Waals surface area contributed by atoms with Crippen molar-refractivity contribution in [3.05, 3.63) is 66.2 Å². The quantitative estimate of drug-likeness (QED) is 0.0834. The van der Waals surface area contributed by atoms with Gasteiger partial charge in [0.2, 0.25) is 0 Å². The van der Waals surface area contributed by atoms with Crippen molar-refractivity contribution in [2.45, 2.75) is 78.1 Å². The fraction of sp³-hybridized carbons (Fsp3) is 0.484. The maximum atomic E-state index is 12.5. The van der Waals surface area contributed by atoms with E-state index in [9.17, 15) is 9.59 Å². The van der Waals surface area contributed by atoms with Crippen LogP contribution in [0.2, 0.25) is 0 Å². The lowest BCUT2D eigenvalue weighted by Gasteiger charge is -2.09. The van der Waals surface area contributed by atoms with Crippen LogP contribution in [0.25, 0.3) is 0 Å². The van der Waals surface area contributed by atoms with Gasteiger partial charge < -0.3 is 18.9 Å². The Balaban J connectivity index is 1.60. The number of hydrogen-bond donors (Lipinski definition) is 0. The minimum Gasteiger partial charge on any atom is -0.494 e. The van der Waals surface area contributed by atoms with E-state index in [2.05, 4.69) is 13.5 Å². The predicted octanol–water partition coefficient (Wildman–Crippen LogP) is 7.70. The molecule has 0 amide bonds. The zero-order valence-corrected chi connectivity index (χ0v) is 22.5. The number of hydrogen-bond acceptors (Lipinski definition) is 6. The summed E-state index contributed by atoms with van der Waals surface area (Å²) in [6, 6.07) is 14.1. The minimum absolute atomic E-state index is 0.334. The largest absolute Gasteiger partial charge is 0.494 e. The number of carbonyl (C=O) groups excluding carboxylic acids is 2. The summed E-state index contributed by atoms with van der Waals surface area (Å²) in [5, 5.41) is 0. The number of esters is 2. The van der Waals surface area contributed by atoms with Crippen LogP contribution >= 0.6 is 0 Å². The van der Waals surface area contributed by atoms with E-state index in [4.69, 9.17) is 18.9 Å². The van der Waals surface area contributed by atoms with E-state index in [0.717, 1.165) is 43.6 Å². The highest BCUT2D eigenvalue weighted by Crippen LogP contribution is 2.20. The normalized spacial score (nSPS) is 10.5. The third-order valence-corrected chi connectivity index (χ3v) is 5.78. The topological polar surface area (TPSA) is 71.1 Å². The van der Waals surface area contributed by atoms with Gasteiger partial charge in [0, 0.05) is 5.57 Å². The first-order chi connectivity index (χ1) is 18.0. The van der Waals surface area contributed by atoms with Crippen molar-refractivity contribution in [3.63, 3.8) is 0 Å². The first-order valence-corrected chi connectivity index (χ1v) is 13.5. The molecular weight excluding hydrogens is 468 g/mol. The molecular formula is C31H42O6. The molecule has 0 aliphatic heterocycles. The van der Waals surface area contributed by atoms with Crippen LogP contribution < -0.4 is 14.2 Å². The van der Waals surface area contributed by atoms with Crippen LogP contribution in [0, 0.1) is 0 Å². The van der Waals surface area contributed by atoms with Crippen molar-refractivity contribution < 1.29 is 28.5 Å². The van der Waals surface area contributed by atoms with Gasteiger partial charge in [-0.2, -0.15) is 0 Å². The zero-order valence-electron chi connectivity index (χ0n) is 22.5. The maximum absolute atomic E-state index is 12.5. The van der Waals surface area contributed by atoms with Crippen LogP contribution in [0.5, 0.6) is 17.2 Å². The molecule has 0 atom stereocenters. The van der Waals surface area contributed by atoms with E-state index in [-0.39, 0.29) is 5.97 Å². The van der Waals surface area contributed by atoms with Gasteiger partial charge in [0.25, 0.3) is 0 Å². The van der Waals surface area contributed by atoms with Crippen LogP contribution in [0.4, 0.5) is 0 Å². The predicted molar refractivity (Wildman–Crippen MR) is 146 cm³/mol. The molecule has 202 valence electrons. The first-order valence-electron chi connectivity index (χ1n) is 13.5. The Hall–Kier alpha value is -3.28. The molecule has 37 heavy (non-hydrogen) atoms. The number of carbonyl (C=O) groups is 2. The highest BCUT2D eigenvalue weighted by Gasteiger charge is 2.09. The lowest BCUT2D eigenvalue weighted by atomic mass is 10.1. The monoisotopic (exact) mass is 510 g/mol. The fourth-order valence-corrected chi connectivity index (χ4v) is 3.57. The average Bonchev–Trinajstić information content (AvgIpc) is 2.90. The van der Waals surface area contributed by atoms with Gasteiger partial charge in [-0.05, 0) is 87.6 Å². The third kappa shape index (κ3) is 13.0. The van der Waals surface area contributed by atoms with Gasteiger partial charge in [0.1, 0.15) is 17.2 Å². The van der Waals surface area contributed by atoms with Gasteiger partial charge in [-0.15, -0.1) is 0 Å². The van der Waals surface area contributed by atoms with Crippen molar-refractivity contribution in [1.82, 2.24) is 0 Å². The second-order valence-electron chi connectivity index (χ2n) is 9.18. The first kappa shape index (κ1) is 29.9. The van der Waals surface area contributed by atoms with Gasteiger partial charge >= 0.3 is 11.9 Å². The molecule has 0 radical (unpaired) electrons. The Morgan fingerprint density at radius 1 is 0.649 bits per heavy atom. The Labute approximate surface area is 222 Å². The highest BCUT2D eigenvalue weighted by atomic mass is 16.5. The van der Waals surface area contributed by atoms with Crippen molar-refractivity contribution >= 4 is 11.9 Å². The average molecular weight is 511 g/mol. The van der Waals surface area contributed by atoms with Crippen LogP contribution in [-0.2, 0) is 9.53 Å². The summed E-state index contributed by atoms with van der Waals surface area (Å²) in [6.07, 6.45) is 11.0. The molecule has 0 N–H and O–H groups in total. The van der Waals surface area contributed by atoms with Gasteiger partial charge in [-0.3, -0.25) is 0 Å². The summed E-state index contributed by atoms with van der Waals surface area (Å²) in [5.74, 6) is 1.20. The van der Waals surface area contributed by atoms with E-state index in [1.807, 2.05) is 0 Å². The van der Waals surface area contributed by atoms with E-state index in [1.54, 1.807) is 55.5 Å². The Kier molecular flexibility index (Phi) is 14.6. The van der Waals surface area contributed by atoms with Crippen LogP contribution in [-0.4, -0.2) is 31.8 Å². The molecule has 2 rings (SSSR count). The van der Waals surface area contributed by atoms with E-state index < -0.39 is 5.97 Å². The smallest absolute Gasteiger partial charge is 0.343 e. The van der Waals surface area contributed by atoms with Gasteiger partial charge in [0.15, 0.2) is 0 Å². The van der Waals surface area contributed by atoms with E-state index in [1.165, 1.54) is 32.1 Å². The van der Waals surface area contributed by atoms with Gasteiger partial charge in [-0.1, -0.05) is 45.6 Å². The van der Waals surface area contributed by atoms with Crippen molar-refractivity contribution in [3.8, 4) is 17.2 Å². The fourth-order valence-electron chi connectivity index (χ4n) is 3.57. The second-order valence-corrected chi connectivity index (χ2v) is 9.18. The maximum Gasteiger partial charge on any atom is 0.343 e. The SMILES string of the molecule is C=C(C)C(=O)OCCCCCCOc1ccc(OC(=O)c2ccc(OCCCCCCCC)cc2)cc1. The van der Waals surface area contributed by atoms with Crippen molar-refractivity contribution in [2.75, 3.05) is 19.8 Å². The lowest BCUT2D eigenvalue weighted by molar-refractivity contribution is -0.139. The third-order valence-electron chi connectivity index (χ3n) is 5.78. The standard InChI is InChI=1S/C31H42O6/c1-4-5-6-7-8-11-22-34-27-16-14-26(15-17-27)31(33)37-29-20-18-28(19-21-29)35-23-12-9-10-13-24-36-30(32)25(2)3/h14-21H,2,4-13,22-24H2,1,3H3. The Bertz CT molecular complexity index is 933. The number of ether oxygens (including phenoxy) is 4. The molecule has 6 heteroatoms. The molecule has 0 saturated carbocycles. The highest BCUT2D eigenvalue weighted by molar-refractivity contribution is 5.91. The van der Waals surface area contributed by atoms with Crippen molar-refractivity contribution in [2.24, 2.45) is 0 Å². The summed E-state index contributed by atoms with van der Waals surface area (Å²) in [5.41, 5.74) is 0.897. The molecule has 0 unspecified atom stereocenters. The van der Waals surface area contributed by atoms with Gasteiger partial charge in [0.05, 0.1) is 25.4 Å². The summed E-state index contributed by atoms with van der Waals surface area (Å²) < 4.78 is 22.1. The Morgan fingerprint density at radius 2 is 1.11 bits per heavy atom. The number of unbranched alkanes of at least 4 members (excludes halogenated alkanes) is 8. The Morgan fingerprint density at radius 3 is 1.65 bits per heavy atom. The zero-order chi connectivity index (χ0) is 26.7. The van der Waals surface area contributed by atoms with Crippen molar-refractivity contribution in [1.29, 1.82) is 0 Å². The van der Waals surface area contributed by atoms with E-state index in [0.29, 0.717) is 36.7 Å². The number of benzene rings is 2. The summed E-state index contributed by atoms with van der Waals surface area (Å²) in [4.78, 5) is 23.8. The van der Waals surface area contributed by atoms with Gasteiger partial charge in [-0.25, -0.2) is 9.59 Å². The lowest BCUT2D eigenvalue weighted by Crippen LogP contribution is -2.08. The molecule has 0 aliphatic carbocycles. The molecule has 2 aromatic carbocycles. The summed E-state index contributed by atoms with van der Waals surface area (Å²) in [6.45, 7) is 9.13. The molecule has 0 spiro atoms. The van der Waals surface area contributed by atoms with Crippen LogP contribution in [0.15, 0.2) is 60.7 Å². The summed E-state index contributed by atoms with van der Waals surface area (Å²) >= 11 is 0. The summed E-state index contributed by atoms with van der Waals surface area (Å²) in [7, 11) is 0. The van der Waals surface area contributed by atoms with E-state index >= 15 is 0 Å². The molecule has 0 heterocycles. The van der Waals surface area contributed by atoms with Crippen LogP contribution in [0.1, 0.15) is 88.4 Å². The van der Waals surface area contributed by atoms with Crippen LogP contribution in [0.3, 0.4) is 0 Å². The molecule has 0 saturated heterocycles. The number of rotatable bonds is 19. The molecule has 0 fully saturated rings. The minimum atomic E-state index is -0.412. The molecule has 6 nitrogen and oxygen atoms in total.